The molecule has 0 aliphatic heterocycles. The van der Waals surface area contributed by atoms with Gasteiger partial charge in [-0.2, -0.15) is 0 Å². The molecule has 0 saturated heterocycles. The Morgan fingerprint density at radius 3 is 1.52 bits per heavy atom. The Morgan fingerprint density at radius 2 is 0.854 bits per heavy atom. The second-order valence-corrected chi connectivity index (χ2v) is 12.4. The fourth-order valence-electron chi connectivity index (χ4n) is 7.63. The van der Waals surface area contributed by atoms with Crippen molar-refractivity contribution in [2.75, 3.05) is 0 Å². The summed E-state index contributed by atoms with van der Waals surface area (Å²) in [5.74, 6) is 0. The van der Waals surface area contributed by atoms with E-state index in [0.717, 1.165) is 49.6 Å². The molecular formula is C46H28O2. The Labute approximate surface area is 277 Å². The van der Waals surface area contributed by atoms with Crippen LogP contribution in [0.25, 0.3) is 99.0 Å². The largest absolute Gasteiger partial charge is 0.463 e. The minimum atomic E-state index is 0.822. The molecule has 0 aliphatic rings. The number of hydrogen-bond donors (Lipinski definition) is 0. The van der Waals surface area contributed by atoms with Gasteiger partial charge in [-0.1, -0.05) is 146 Å². The van der Waals surface area contributed by atoms with Crippen molar-refractivity contribution in [2.45, 2.75) is 0 Å². The average Bonchev–Trinajstić information content (AvgIpc) is 3.77. The highest BCUT2D eigenvalue weighted by Gasteiger charge is 2.22. The van der Waals surface area contributed by atoms with Crippen molar-refractivity contribution in [3.05, 3.63) is 170 Å². The van der Waals surface area contributed by atoms with Crippen molar-refractivity contribution in [1.82, 2.24) is 0 Å². The van der Waals surface area contributed by atoms with Crippen LogP contribution in [-0.2, 0) is 0 Å². The van der Waals surface area contributed by atoms with E-state index in [0.29, 0.717) is 0 Å². The van der Waals surface area contributed by atoms with Crippen molar-refractivity contribution in [3.8, 4) is 44.5 Å². The lowest BCUT2D eigenvalue weighted by atomic mass is 9.84. The molecule has 0 amide bonds. The predicted molar refractivity (Wildman–Crippen MR) is 200 cm³/mol. The van der Waals surface area contributed by atoms with E-state index in [2.05, 4.69) is 158 Å². The topological polar surface area (TPSA) is 26.3 Å². The molecule has 10 aromatic rings. The summed E-state index contributed by atoms with van der Waals surface area (Å²) in [5.41, 5.74) is 11.9. The first-order chi connectivity index (χ1) is 23.8. The van der Waals surface area contributed by atoms with E-state index in [1.807, 2.05) is 12.3 Å². The minimum absolute atomic E-state index is 0.822. The molecule has 2 heterocycles. The predicted octanol–water partition coefficient (Wildman–Crippen LogP) is 13.3. The van der Waals surface area contributed by atoms with Gasteiger partial charge in [0.15, 0.2) is 0 Å². The lowest BCUT2D eigenvalue weighted by Crippen LogP contribution is -1.91. The zero-order valence-corrected chi connectivity index (χ0v) is 26.0. The molecule has 0 radical (unpaired) electrons. The lowest BCUT2D eigenvalue weighted by Gasteiger charge is -2.18. The molecule has 8 aromatic carbocycles. The molecule has 0 N–H and O–H groups in total. The fourth-order valence-corrected chi connectivity index (χ4v) is 7.63. The van der Waals surface area contributed by atoms with Crippen LogP contribution in [0.2, 0.25) is 0 Å². The van der Waals surface area contributed by atoms with Crippen molar-refractivity contribution < 1.29 is 8.83 Å². The monoisotopic (exact) mass is 612 g/mol. The van der Waals surface area contributed by atoms with Gasteiger partial charge in [-0.15, -0.1) is 0 Å². The van der Waals surface area contributed by atoms with Gasteiger partial charge in [-0.25, -0.2) is 0 Å². The third kappa shape index (κ3) is 4.00. The van der Waals surface area contributed by atoms with Crippen LogP contribution in [0.15, 0.2) is 179 Å². The van der Waals surface area contributed by atoms with Gasteiger partial charge in [0.05, 0.1) is 11.6 Å². The van der Waals surface area contributed by atoms with Gasteiger partial charge in [0.25, 0.3) is 0 Å². The normalized spacial score (nSPS) is 11.8. The maximum Gasteiger partial charge on any atom is 0.146 e. The molecule has 224 valence electrons. The first-order valence-electron chi connectivity index (χ1n) is 16.3. The number of rotatable bonds is 4. The second-order valence-electron chi connectivity index (χ2n) is 12.4. The summed E-state index contributed by atoms with van der Waals surface area (Å²) >= 11 is 0. The van der Waals surface area contributed by atoms with Gasteiger partial charge in [-0.3, -0.25) is 0 Å². The molecule has 0 atom stereocenters. The smallest absolute Gasteiger partial charge is 0.146 e. The molecule has 0 spiro atoms. The van der Waals surface area contributed by atoms with E-state index in [1.165, 1.54) is 49.4 Å². The van der Waals surface area contributed by atoms with Crippen LogP contribution in [0.3, 0.4) is 0 Å². The van der Waals surface area contributed by atoms with E-state index in [9.17, 15) is 0 Å². The number of hydrogen-bond acceptors (Lipinski definition) is 2. The molecule has 10 rings (SSSR count). The SMILES string of the molecule is c1ccc(-c2ccc(-c3c4ccccc4c(-c4cccc5oc6ccc7c(-c8ccccc8)coc7c6c45)c4ccccc34)cc2)cc1. The molecular weight excluding hydrogens is 585 g/mol. The second kappa shape index (κ2) is 10.6. The summed E-state index contributed by atoms with van der Waals surface area (Å²) in [6.45, 7) is 0. The fraction of sp³-hybridized carbons (Fsp3) is 0. The first kappa shape index (κ1) is 26.8. The molecule has 0 fully saturated rings. The molecule has 0 bridgehead atoms. The number of benzene rings is 8. The van der Waals surface area contributed by atoms with E-state index < -0.39 is 0 Å². The van der Waals surface area contributed by atoms with Crippen molar-refractivity contribution in [3.63, 3.8) is 0 Å². The molecule has 2 nitrogen and oxygen atoms in total. The van der Waals surface area contributed by atoms with Crippen molar-refractivity contribution in [2.24, 2.45) is 0 Å². The Morgan fingerprint density at radius 1 is 0.312 bits per heavy atom. The van der Waals surface area contributed by atoms with Crippen molar-refractivity contribution in [1.29, 1.82) is 0 Å². The van der Waals surface area contributed by atoms with E-state index in [1.54, 1.807) is 0 Å². The molecule has 0 saturated carbocycles. The van der Waals surface area contributed by atoms with E-state index >= 15 is 0 Å². The highest BCUT2D eigenvalue weighted by molar-refractivity contribution is 6.28. The zero-order valence-electron chi connectivity index (χ0n) is 26.0. The Hall–Kier alpha value is -6.38. The molecule has 2 heteroatoms. The zero-order chi connectivity index (χ0) is 31.6. The van der Waals surface area contributed by atoms with Gasteiger partial charge >= 0.3 is 0 Å². The highest BCUT2D eigenvalue weighted by Crippen LogP contribution is 2.48. The maximum atomic E-state index is 6.54. The van der Waals surface area contributed by atoms with Gasteiger partial charge in [-0.05, 0) is 78.7 Å². The summed E-state index contributed by atoms with van der Waals surface area (Å²) in [6, 6.07) is 58.2. The summed E-state index contributed by atoms with van der Waals surface area (Å²) in [5, 5.41) is 8.01. The van der Waals surface area contributed by atoms with Gasteiger partial charge in [0, 0.05) is 16.3 Å². The van der Waals surface area contributed by atoms with Gasteiger partial charge in [0.2, 0.25) is 0 Å². The highest BCUT2D eigenvalue weighted by atomic mass is 16.3. The Balaban J connectivity index is 1.26. The van der Waals surface area contributed by atoms with Crippen LogP contribution < -0.4 is 0 Å². The Kier molecular flexibility index (Phi) is 5.91. The summed E-state index contributed by atoms with van der Waals surface area (Å²) in [4.78, 5) is 0. The van der Waals surface area contributed by atoms with Gasteiger partial charge < -0.3 is 8.83 Å². The maximum absolute atomic E-state index is 6.54. The lowest BCUT2D eigenvalue weighted by molar-refractivity contribution is 0.619. The number of fused-ring (bicyclic) bond motifs is 7. The van der Waals surface area contributed by atoms with Crippen LogP contribution in [0.4, 0.5) is 0 Å². The van der Waals surface area contributed by atoms with Crippen LogP contribution in [0, 0.1) is 0 Å². The number of furan rings is 2. The Bertz CT molecular complexity index is 2750. The quantitative estimate of drug-likeness (QED) is 0.185. The molecule has 0 unspecified atom stereocenters. The van der Waals surface area contributed by atoms with Crippen LogP contribution in [0.5, 0.6) is 0 Å². The van der Waals surface area contributed by atoms with E-state index in [4.69, 9.17) is 8.83 Å². The first-order valence-corrected chi connectivity index (χ1v) is 16.3. The molecule has 48 heavy (non-hydrogen) atoms. The van der Waals surface area contributed by atoms with Crippen LogP contribution >= 0.6 is 0 Å². The minimum Gasteiger partial charge on any atom is -0.463 e. The molecule has 0 aliphatic carbocycles. The van der Waals surface area contributed by atoms with Crippen molar-refractivity contribution >= 4 is 54.5 Å². The van der Waals surface area contributed by atoms with Crippen LogP contribution in [-0.4, -0.2) is 0 Å². The third-order valence-electron chi connectivity index (χ3n) is 9.77. The molecule has 2 aromatic heterocycles. The average molecular weight is 613 g/mol. The van der Waals surface area contributed by atoms with E-state index in [-0.39, 0.29) is 0 Å². The van der Waals surface area contributed by atoms with Gasteiger partial charge in [0.1, 0.15) is 16.7 Å². The summed E-state index contributed by atoms with van der Waals surface area (Å²) in [6.07, 6.45) is 1.88. The van der Waals surface area contributed by atoms with Crippen LogP contribution in [0.1, 0.15) is 0 Å². The third-order valence-corrected chi connectivity index (χ3v) is 9.77. The summed E-state index contributed by atoms with van der Waals surface area (Å²) < 4.78 is 13.0. The summed E-state index contributed by atoms with van der Waals surface area (Å²) in [7, 11) is 0. The standard InChI is InChI=1S/C46H28O2/c1-3-12-29(13-4-1)30-22-24-32(25-23-30)42-33-16-7-9-18-35(33)43(36-19-10-8-17-34(36)42)38-20-11-21-40-44(38)45-41(48-40)27-26-37-39(28-47-46(37)45)31-14-5-2-6-15-31/h1-28H.